The number of rotatable bonds is 6. The van der Waals surface area contributed by atoms with E-state index in [0.717, 1.165) is 12.8 Å². The van der Waals surface area contributed by atoms with Crippen molar-refractivity contribution < 1.29 is 9.05 Å². The van der Waals surface area contributed by atoms with E-state index in [1.165, 1.54) is 0 Å². The highest BCUT2D eigenvalue weighted by Gasteiger charge is 2.00. The third kappa shape index (κ3) is 6.43. The summed E-state index contributed by atoms with van der Waals surface area (Å²) in [4.78, 5) is 0. The van der Waals surface area contributed by atoms with Crippen molar-refractivity contribution in [1.82, 2.24) is 0 Å². The first-order valence-corrected chi connectivity index (χ1v) is 4.86. The van der Waals surface area contributed by atoms with Crippen molar-refractivity contribution in [2.45, 2.75) is 26.7 Å². The molecule has 3 nitrogen and oxygen atoms in total. The van der Waals surface area contributed by atoms with Gasteiger partial charge in [0, 0.05) is 0 Å². The summed E-state index contributed by atoms with van der Waals surface area (Å²) in [5, 5.41) is 0. The van der Waals surface area contributed by atoms with Crippen LogP contribution in [0.15, 0.2) is 0 Å². The van der Waals surface area contributed by atoms with Crippen LogP contribution in [0.5, 0.6) is 0 Å². The van der Waals surface area contributed by atoms with Crippen molar-refractivity contribution in [1.29, 1.82) is 0 Å². The van der Waals surface area contributed by atoms with Gasteiger partial charge in [-0.15, -0.1) is 0 Å². The molecule has 0 spiro atoms. The summed E-state index contributed by atoms with van der Waals surface area (Å²) in [6, 6.07) is 0. The van der Waals surface area contributed by atoms with Gasteiger partial charge in [0.1, 0.15) is 0 Å². The van der Waals surface area contributed by atoms with E-state index < -0.39 is 8.53 Å². The Morgan fingerprint density at radius 3 is 1.80 bits per heavy atom. The molecular formula is C6H16NO2P. The molecular weight excluding hydrogens is 149 g/mol. The van der Waals surface area contributed by atoms with Gasteiger partial charge in [-0.2, -0.15) is 0 Å². The van der Waals surface area contributed by atoms with Gasteiger partial charge in [0.15, 0.2) is 0 Å². The van der Waals surface area contributed by atoms with Gasteiger partial charge < -0.3 is 9.05 Å². The Kier molecular flexibility index (Phi) is 7.65. The van der Waals surface area contributed by atoms with E-state index in [2.05, 4.69) is 0 Å². The minimum atomic E-state index is -1.09. The second-order valence-corrected chi connectivity index (χ2v) is 3.04. The lowest BCUT2D eigenvalue weighted by atomic mass is 10.5. The van der Waals surface area contributed by atoms with Gasteiger partial charge >= 0.3 is 0 Å². The van der Waals surface area contributed by atoms with Crippen molar-refractivity contribution in [3.8, 4) is 0 Å². The zero-order valence-corrected chi connectivity index (χ0v) is 7.56. The Morgan fingerprint density at radius 2 is 1.50 bits per heavy atom. The fourth-order valence-corrected chi connectivity index (χ4v) is 1.20. The van der Waals surface area contributed by atoms with E-state index in [4.69, 9.17) is 14.6 Å². The summed E-state index contributed by atoms with van der Waals surface area (Å²) in [7, 11) is -1.09. The molecule has 4 heteroatoms. The summed E-state index contributed by atoms with van der Waals surface area (Å²) in [6.07, 6.45) is 1.98. The lowest BCUT2D eigenvalue weighted by Gasteiger charge is -2.09. The number of hydrogen-bond donors (Lipinski definition) is 1. The monoisotopic (exact) mass is 165 g/mol. The minimum absolute atomic E-state index is 0.700. The molecule has 0 amide bonds. The first kappa shape index (κ1) is 10.3. The highest BCUT2D eigenvalue weighted by Crippen LogP contribution is 2.28. The lowest BCUT2D eigenvalue weighted by molar-refractivity contribution is 0.250. The third-order valence-electron chi connectivity index (χ3n) is 0.845. The number of hydrogen-bond acceptors (Lipinski definition) is 3. The zero-order valence-electron chi connectivity index (χ0n) is 6.67. The van der Waals surface area contributed by atoms with Crippen LogP contribution in [0.1, 0.15) is 26.7 Å². The van der Waals surface area contributed by atoms with Crippen molar-refractivity contribution in [2.75, 3.05) is 13.2 Å². The minimum Gasteiger partial charge on any atom is -0.322 e. The zero-order chi connectivity index (χ0) is 7.82. The second-order valence-electron chi connectivity index (χ2n) is 1.95. The molecule has 0 saturated carbocycles. The van der Waals surface area contributed by atoms with E-state index in [1.54, 1.807) is 0 Å². The average Bonchev–Trinajstić information content (AvgIpc) is 1.97. The van der Waals surface area contributed by atoms with E-state index >= 15 is 0 Å². The first-order valence-electron chi connectivity index (χ1n) is 3.61. The maximum Gasteiger partial charge on any atom is 0.252 e. The standard InChI is InChI=1S/C6H16NO2P/c1-3-5-8-10(7)9-6-4-2/h3-7H2,1-2H3. The second kappa shape index (κ2) is 7.42. The van der Waals surface area contributed by atoms with Crippen molar-refractivity contribution in [2.24, 2.45) is 5.50 Å². The molecule has 62 valence electrons. The SMILES string of the molecule is CCCOP(N)OCCC. The molecule has 0 bridgehead atoms. The molecule has 0 aromatic carbocycles. The molecule has 0 aliphatic rings. The molecule has 0 saturated heterocycles. The molecule has 0 fully saturated rings. The molecule has 0 aromatic heterocycles. The average molecular weight is 165 g/mol. The van der Waals surface area contributed by atoms with Crippen LogP contribution in [-0.2, 0) is 9.05 Å². The Labute approximate surface area is 63.9 Å². The summed E-state index contributed by atoms with van der Waals surface area (Å²) in [5.74, 6) is 0. The molecule has 0 aromatic rings. The van der Waals surface area contributed by atoms with Gasteiger partial charge in [-0.1, -0.05) is 13.8 Å². The van der Waals surface area contributed by atoms with Gasteiger partial charge in [0.05, 0.1) is 13.2 Å². The largest absolute Gasteiger partial charge is 0.322 e. The van der Waals surface area contributed by atoms with Gasteiger partial charge in [-0.25, -0.2) is 0 Å². The van der Waals surface area contributed by atoms with Crippen molar-refractivity contribution in [3.05, 3.63) is 0 Å². The fourth-order valence-electron chi connectivity index (χ4n) is 0.400. The maximum absolute atomic E-state index is 5.47. The molecule has 0 unspecified atom stereocenters. The highest BCUT2D eigenvalue weighted by molar-refractivity contribution is 7.44. The van der Waals surface area contributed by atoms with E-state index in [1.807, 2.05) is 13.8 Å². The van der Waals surface area contributed by atoms with E-state index in [9.17, 15) is 0 Å². The molecule has 0 atom stereocenters. The van der Waals surface area contributed by atoms with Gasteiger partial charge in [0.2, 0.25) is 0 Å². The van der Waals surface area contributed by atoms with E-state index in [-0.39, 0.29) is 0 Å². The van der Waals surface area contributed by atoms with Crippen LogP contribution < -0.4 is 5.50 Å². The predicted octanol–water partition coefficient (Wildman–Crippen LogP) is 2.03. The topological polar surface area (TPSA) is 44.5 Å². The van der Waals surface area contributed by atoms with Gasteiger partial charge in [-0.3, -0.25) is 5.50 Å². The molecule has 2 N–H and O–H groups in total. The van der Waals surface area contributed by atoms with Crippen molar-refractivity contribution in [3.63, 3.8) is 0 Å². The fraction of sp³-hybridized carbons (Fsp3) is 1.00. The van der Waals surface area contributed by atoms with Crippen LogP contribution in [0.25, 0.3) is 0 Å². The van der Waals surface area contributed by atoms with Crippen LogP contribution in [-0.4, -0.2) is 13.2 Å². The normalized spacial score (nSPS) is 10.8. The summed E-state index contributed by atoms with van der Waals surface area (Å²) in [5.41, 5.74) is 5.47. The van der Waals surface area contributed by atoms with Gasteiger partial charge in [-0.05, 0) is 12.8 Å². The predicted molar refractivity (Wildman–Crippen MR) is 43.6 cm³/mol. The third-order valence-corrected chi connectivity index (χ3v) is 1.72. The molecule has 0 aliphatic carbocycles. The quantitative estimate of drug-likeness (QED) is 0.612. The Hall–Kier alpha value is 0.310. The Bertz CT molecular complexity index is 64.8. The number of nitrogens with two attached hydrogens (primary N) is 1. The highest BCUT2D eigenvalue weighted by atomic mass is 31.2. The molecule has 0 radical (unpaired) electrons. The van der Waals surface area contributed by atoms with Crippen LogP contribution in [0.2, 0.25) is 0 Å². The maximum atomic E-state index is 5.47. The van der Waals surface area contributed by atoms with E-state index in [0.29, 0.717) is 13.2 Å². The summed E-state index contributed by atoms with van der Waals surface area (Å²) in [6.45, 7) is 5.49. The summed E-state index contributed by atoms with van der Waals surface area (Å²) >= 11 is 0. The Morgan fingerprint density at radius 1 is 1.10 bits per heavy atom. The van der Waals surface area contributed by atoms with Crippen LogP contribution in [0.4, 0.5) is 0 Å². The van der Waals surface area contributed by atoms with Crippen molar-refractivity contribution >= 4 is 8.53 Å². The molecule has 10 heavy (non-hydrogen) atoms. The molecule has 0 rings (SSSR count). The molecule has 0 heterocycles. The van der Waals surface area contributed by atoms with Crippen LogP contribution in [0.3, 0.4) is 0 Å². The smallest absolute Gasteiger partial charge is 0.252 e. The molecule has 0 aliphatic heterocycles. The summed E-state index contributed by atoms with van der Waals surface area (Å²) < 4.78 is 10.2. The van der Waals surface area contributed by atoms with Crippen LogP contribution >= 0.6 is 8.53 Å². The van der Waals surface area contributed by atoms with Crippen LogP contribution in [0, 0.1) is 0 Å². The van der Waals surface area contributed by atoms with Gasteiger partial charge in [0.25, 0.3) is 8.53 Å². The lowest BCUT2D eigenvalue weighted by Crippen LogP contribution is -2.00. The first-order chi connectivity index (χ1) is 4.81. The Balaban J connectivity index is 3.00.